The van der Waals surface area contributed by atoms with Crippen LogP contribution in [0.5, 0.6) is 0 Å². The van der Waals surface area contributed by atoms with Gasteiger partial charge in [0.15, 0.2) is 5.65 Å². The van der Waals surface area contributed by atoms with Gasteiger partial charge < -0.3 is 0 Å². The number of halogens is 1. The third-order valence-corrected chi connectivity index (χ3v) is 1.91. The fraction of sp³-hybridized carbons (Fsp3) is 0.250. The minimum atomic E-state index is 0.602. The van der Waals surface area contributed by atoms with Gasteiger partial charge in [0.2, 0.25) is 0 Å². The maximum absolute atomic E-state index is 5.94. The Balaban J connectivity index is 2.88. The molecule has 4 heteroatoms. The summed E-state index contributed by atoms with van der Waals surface area (Å²) >= 11 is 5.94. The van der Waals surface area contributed by atoms with Gasteiger partial charge in [0.1, 0.15) is 11.0 Å². The van der Waals surface area contributed by atoms with Crippen molar-refractivity contribution in [3.63, 3.8) is 0 Å². The summed E-state index contributed by atoms with van der Waals surface area (Å²) in [5.74, 6) is 0.738. The second kappa shape index (κ2) is 2.45. The van der Waals surface area contributed by atoms with Crippen molar-refractivity contribution in [1.82, 2.24) is 14.6 Å². The maximum Gasteiger partial charge on any atom is 0.157 e. The maximum atomic E-state index is 5.94. The molecule has 3 nitrogen and oxygen atoms in total. The average Bonchev–Trinajstić information content (AvgIpc) is 2.29. The highest BCUT2D eigenvalue weighted by molar-refractivity contribution is 6.29. The number of aromatic nitrogens is 3. The van der Waals surface area contributed by atoms with E-state index in [1.807, 2.05) is 26.0 Å². The van der Waals surface area contributed by atoms with Crippen molar-refractivity contribution >= 4 is 17.2 Å². The normalized spacial score (nSPS) is 10.9. The molecule has 0 saturated carbocycles. The molecule has 12 heavy (non-hydrogen) atoms. The van der Waals surface area contributed by atoms with E-state index in [2.05, 4.69) is 10.1 Å². The van der Waals surface area contributed by atoms with Gasteiger partial charge in [-0.2, -0.15) is 5.10 Å². The highest BCUT2D eigenvalue weighted by Crippen LogP contribution is 2.13. The zero-order valence-electron chi connectivity index (χ0n) is 6.87. The van der Waals surface area contributed by atoms with E-state index in [4.69, 9.17) is 11.6 Å². The van der Waals surface area contributed by atoms with Crippen LogP contribution in [0.15, 0.2) is 12.1 Å². The first-order valence-corrected chi connectivity index (χ1v) is 4.04. The van der Waals surface area contributed by atoms with E-state index < -0.39 is 0 Å². The highest BCUT2D eigenvalue weighted by atomic mass is 35.5. The Hall–Kier alpha value is -1.09. The largest absolute Gasteiger partial charge is 0.212 e. The molecule has 0 atom stereocenters. The predicted octanol–water partition coefficient (Wildman–Crippen LogP) is 2.00. The Morgan fingerprint density at radius 2 is 2.08 bits per heavy atom. The van der Waals surface area contributed by atoms with E-state index in [-0.39, 0.29) is 0 Å². The van der Waals surface area contributed by atoms with Gasteiger partial charge in [-0.15, -0.1) is 0 Å². The number of pyridine rings is 1. The lowest BCUT2D eigenvalue weighted by molar-refractivity contribution is 0.929. The Labute approximate surface area is 75.0 Å². The van der Waals surface area contributed by atoms with Crippen molar-refractivity contribution in [1.29, 1.82) is 0 Å². The zero-order chi connectivity index (χ0) is 8.72. The van der Waals surface area contributed by atoms with Crippen molar-refractivity contribution in [3.05, 3.63) is 28.7 Å². The molecular weight excluding hydrogens is 174 g/mol. The predicted molar refractivity (Wildman–Crippen MR) is 47.5 cm³/mol. The Bertz CT molecular complexity index is 433. The van der Waals surface area contributed by atoms with Gasteiger partial charge in [-0.05, 0) is 31.5 Å². The molecule has 0 radical (unpaired) electrons. The first kappa shape index (κ1) is 7.55. The molecule has 2 rings (SSSR count). The van der Waals surface area contributed by atoms with Crippen LogP contribution < -0.4 is 0 Å². The second-order valence-corrected chi connectivity index (χ2v) is 3.17. The number of rotatable bonds is 0. The molecule has 62 valence electrons. The van der Waals surface area contributed by atoms with Gasteiger partial charge in [0.05, 0.1) is 0 Å². The van der Waals surface area contributed by atoms with E-state index in [9.17, 15) is 0 Å². The molecule has 2 aromatic heterocycles. The average molecular weight is 182 g/mol. The Kier molecular flexibility index (Phi) is 1.54. The van der Waals surface area contributed by atoms with E-state index in [1.54, 1.807) is 4.52 Å². The first-order valence-electron chi connectivity index (χ1n) is 3.66. The summed E-state index contributed by atoms with van der Waals surface area (Å²) in [4.78, 5) is 4.20. The Morgan fingerprint density at radius 3 is 2.83 bits per heavy atom. The number of hydrogen-bond donors (Lipinski definition) is 0. The third kappa shape index (κ3) is 1.06. The standard InChI is InChI=1S/C8H8ClN3/c1-5-3-7(9)12-8(4-5)10-6(2)11-12/h3-4H,1-2H3. The summed E-state index contributed by atoms with van der Waals surface area (Å²) in [7, 11) is 0. The lowest BCUT2D eigenvalue weighted by Gasteiger charge is -1.96. The molecule has 0 aliphatic rings. The van der Waals surface area contributed by atoms with Crippen LogP contribution in [0.1, 0.15) is 11.4 Å². The molecule has 0 N–H and O–H groups in total. The van der Waals surface area contributed by atoms with Gasteiger partial charge in [-0.3, -0.25) is 0 Å². The smallest absolute Gasteiger partial charge is 0.157 e. The molecule has 0 aliphatic carbocycles. The molecular formula is C8H8ClN3. The minimum Gasteiger partial charge on any atom is -0.212 e. The summed E-state index contributed by atoms with van der Waals surface area (Å²) in [5, 5.41) is 4.73. The van der Waals surface area contributed by atoms with Crippen LogP contribution in [-0.4, -0.2) is 14.6 Å². The van der Waals surface area contributed by atoms with E-state index >= 15 is 0 Å². The molecule has 0 aliphatic heterocycles. The van der Waals surface area contributed by atoms with Crippen LogP contribution in [0.3, 0.4) is 0 Å². The van der Waals surface area contributed by atoms with E-state index in [0.717, 1.165) is 17.0 Å². The Morgan fingerprint density at radius 1 is 1.33 bits per heavy atom. The molecule has 2 aromatic rings. The zero-order valence-corrected chi connectivity index (χ0v) is 7.63. The summed E-state index contributed by atoms with van der Waals surface area (Å²) in [6.07, 6.45) is 0. The van der Waals surface area contributed by atoms with Crippen molar-refractivity contribution in [2.75, 3.05) is 0 Å². The summed E-state index contributed by atoms with van der Waals surface area (Å²) in [5.41, 5.74) is 1.90. The summed E-state index contributed by atoms with van der Waals surface area (Å²) in [6.45, 7) is 3.83. The lowest BCUT2D eigenvalue weighted by Crippen LogP contribution is -1.89. The molecule has 0 fully saturated rings. The minimum absolute atomic E-state index is 0.602. The van der Waals surface area contributed by atoms with Crippen molar-refractivity contribution in [3.8, 4) is 0 Å². The van der Waals surface area contributed by atoms with Gasteiger partial charge in [0, 0.05) is 0 Å². The van der Waals surface area contributed by atoms with Crippen molar-refractivity contribution in [2.45, 2.75) is 13.8 Å². The van der Waals surface area contributed by atoms with Gasteiger partial charge in [0.25, 0.3) is 0 Å². The van der Waals surface area contributed by atoms with Crippen LogP contribution in [0, 0.1) is 13.8 Å². The number of fused-ring (bicyclic) bond motifs is 1. The number of aryl methyl sites for hydroxylation is 2. The number of hydrogen-bond acceptors (Lipinski definition) is 2. The highest BCUT2D eigenvalue weighted by Gasteiger charge is 2.02. The van der Waals surface area contributed by atoms with Crippen molar-refractivity contribution < 1.29 is 0 Å². The SMILES string of the molecule is Cc1cc(Cl)n2nc(C)nc2c1. The molecule has 2 heterocycles. The van der Waals surface area contributed by atoms with Crippen LogP contribution in [-0.2, 0) is 0 Å². The van der Waals surface area contributed by atoms with E-state index in [1.165, 1.54) is 0 Å². The quantitative estimate of drug-likeness (QED) is 0.582. The number of nitrogens with zero attached hydrogens (tertiary/aromatic N) is 3. The topological polar surface area (TPSA) is 30.2 Å². The van der Waals surface area contributed by atoms with Crippen LogP contribution >= 0.6 is 11.6 Å². The summed E-state index contributed by atoms with van der Waals surface area (Å²) in [6, 6.07) is 3.81. The molecule has 0 amide bonds. The second-order valence-electron chi connectivity index (χ2n) is 2.78. The summed E-state index contributed by atoms with van der Waals surface area (Å²) < 4.78 is 1.63. The van der Waals surface area contributed by atoms with Gasteiger partial charge in [-0.1, -0.05) is 11.6 Å². The monoisotopic (exact) mass is 181 g/mol. The molecule has 0 bridgehead atoms. The molecule has 0 saturated heterocycles. The third-order valence-electron chi connectivity index (χ3n) is 1.64. The van der Waals surface area contributed by atoms with Crippen LogP contribution in [0.25, 0.3) is 5.65 Å². The van der Waals surface area contributed by atoms with E-state index in [0.29, 0.717) is 5.15 Å². The van der Waals surface area contributed by atoms with Crippen molar-refractivity contribution in [2.24, 2.45) is 0 Å². The fourth-order valence-corrected chi connectivity index (χ4v) is 1.47. The fourth-order valence-electron chi connectivity index (χ4n) is 1.18. The molecule has 0 aromatic carbocycles. The lowest BCUT2D eigenvalue weighted by atomic mass is 10.3. The molecule has 0 spiro atoms. The first-order chi connectivity index (χ1) is 5.66. The van der Waals surface area contributed by atoms with Crippen LogP contribution in [0.4, 0.5) is 0 Å². The van der Waals surface area contributed by atoms with Gasteiger partial charge in [-0.25, -0.2) is 9.50 Å². The molecule has 0 unspecified atom stereocenters. The van der Waals surface area contributed by atoms with Gasteiger partial charge >= 0.3 is 0 Å². The van der Waals surface area contributed by atoms with Crippen LogP contribution in [0.2, 0.25) is 5.15 Å².